The summed E-state index contributed by atoms with van der Waals surface area (Å²) in [5.41, 5.74) is 1.09. The molecular formula is C14H11N3O. The van der Waals surface area contributed by atoms with Crippen molar-refractivity contribution in [3.63, 3.8) is 0 Å². The lowest BCUT2D eigenvalue weighted by atomic mass is 10.0. The van der Waals surface area contributed by atoms with E-state index in [4.69, 9.17) is 0 Å². The number of ketones is 1. The molecule has 0 atom stereocenters. The zero-order valence-electron chi connectivity index (χ0n) is 9.87. The molecule has 0 aliphatic carbocycles. The largest absolute Gasteiger partial charge is 0.287 e. The minimum absolute atomic E-state index is 0.0748. The minimum Gasteiger partial charge on any atom is -0.287 e. The molecule has 0 amide bonds. The standard InChI is InChI=1S/C14H11N3O/c1-17-8-6-13(16-17)14(18)11-4-2-3-10-5-7-15-9-12(10)11/h2-9H,1H3. The number of pyridine rings is 1. The Kier molecular flexibility index (Phi) is 2.41. The third-order valence-corrected chi connectivity index (χ3v) is 2.87. The Morgan fingerprint density at radius 3 is 2.89 bits per heavy atom. The average molecular weight is 237 g/mol. The van der Waals surface area contributed by atoms with E-state index in [0.717, 1.165) is 10.8 Å². The van der Waals surface area contributed by atoms with Crippen molar-refractivity contribution in [2.45, 2.75) is 0 Å². The lowest BCUT2D eigenvalue weighted by molar-refractivity contribution is 0.103. The van der Waals surface area contributed by atoms with Gasteiger partial charge in [0.05, 0.1) is 0 Å². The molecular weight excluding hydrogens is 226 g/mol. The first-order valence-corrected chi connectivity index (χ1v) is 5.63. The first-order chi connectivity index (χ1) is 8.75. The van der Waals surface area contributed by atoms with Crippen molar-refractivity contribution in [1.82, 2.24) is 14.8 Å². The Labute approximate surface area is 104 Å². The molecule has 2 heterocycles. The summed E-state index contributed by atoms with van der Waals surface area (Å²) in [6.07, 6.45) is 5.19. The van der Waals surface area contributed by atoms with E-state index in [2.05, 4.69) is 10.1 Å². The summed E-state index contributed by atoms with van der Waals surface area (Å²) in [7, 11) is 1.79. The number of fused-ring (bicyclic) bond motifs is 1. The highest BCUT2D eigenvalue weighted by Gasteiger charge is 2.14. The van der Waals surface area contributed by atoms with Gasteiger partial charge in [-0.3, -0.25) is 14.5 Å². The number of aromatic nitrogens is 3. The van der Waals surface area contributed by atoms with Crippen LogP contribution in [0.1, 0.15) is 16.1 Å². The maximum Gasteiger partial charge on any atom is 0.213 e. The summed E-state index contributed by atoms with van der Waals surface area (Å²) in [4.78, 5) is 16.4. The van der Waals surface area contributed by atoms with Crippen LogP contribution in [0.15, 0.2) is 48.9 Å². The predicted molar refractivity (Wildman–Crippen MR) is 68.4 cm³/mol. The second kappa shape index (κ2) is 4.07. The SMILES string of the molecule is Cn1ccc(C(=O)c2cccc3ccncc23)n1. The van der Waals surface area contributed by atoms with Gasteiger partial charge in [0.25, 0.3) is 0 Å². The van der Waals surface area contributed by atoms with Crippen molar-refractivity contribution in [3.05, 3.63) is 60.2 Å². The molecule has 0 unspecified atom stereocenters. The fourth-order valence-corrected chi connectivity index (χ4v) is 1.99. The van der Waals surface area contributed by atoms with E-state index in [-0.39, 0.29) is 5.78 Å². The lowest BCUT2D eigenvalue weighted by Crippen LogP contribution is -2.04. The van der Waals surface area contributed by atoms with E-state index in [9.17, 15) is 4.79 Å². The van der Waals surface area contributed by atoms with Crippen LogP contribution < -0.4 is 0 Å². The van der Waals surface area contributed by atoms with Crippen LogP contribution in [0.25, 0.3) is 10.8 Å². The number of aryl methyl sites for hydroxylation is 1. The zero-order valence-corrected chi connectivity index (χ0v) is 9.87. The predicted octanol–water partition coefficient (Wildman–Crippen LogP) is 2.20. The molecule has 3 aromatic rings. The van der Waals surface area contributed by atoms with Gasteiger partial charge in [0.15, 0.2) is 0 Å². The van der Waals surface area contributed by atoms with Gasteiger partial charge >= 0.3 is 0 Å². The monoisotopic (exact) mass is 237 g/mol. The van der Waals surface area contributed by atoms with Gasteiger partial charge in [-0.05, 0) is 17.5 Å². The van der Waals surface area contributed by atoms with Crippen molar-refractivity contribution < 1.29 is 4.79 Å². The second-order valence-corrected chi connectivity index (χ2v) is 4.11. The molecule has 0 bridgehead atoms. The summed E-state index contributed by atoms with van der Waals surface area (Å²) in [6, 6.07) is 9.26. The summed E-state index contributed by atoms with van der Waals surface area (Å²) >= 11 is 0. The van der Waals surface area contributed by atoms with Gasteiger partial charge in [-0.25, -0.2) is 0 Å². The van der Waals surface area contributed by atoms with Gasteiger partial charge in [0, 0.05) is 36.6 Å². The van der Waals surface area contributed by atoms with Crippen molar-refractivity contribution in [2.75, 3.05) is 0 Å². The molecule has 18 heavy (non-hydrogen) atoms. The number of hydrogen-bond acceptors (Lipinski definition) is 3. The molecule has 0 spiro atoms. The smallest absolute Gasteiger partial charge is 0.213 e. The van der Waals surface area contributed by atoms with E-state index < -0.39 is 0 Å². The molecule has 0 radical (unpaired) electrons. The quantitative estimate of drug-likeness (QED) is 0.642. The number of carbonyl (C=O) groups excluding carboxylic acids is 1. The molecule has 0 aliphatic heterocycles. The Balaban J connectivity index is 2.17. The number of nitrogens with zero attached hydrogens (tertiary/aromatic N) is 3. The molecule has 4 nitrogen and oxygen atoms in total. The summed E-state index contributed by atoms with van der Waals surface area (Å²) in [6.45, 7) is 0. The Bertz CT molecular complexity index is 725. The van der Waals surface area contributed by atoms with Crippen LogP contribution in [0, 0.1) is 0 Å². The van der Waals surface area contributed by atoms with Crippen LogP contribution in [0.3, 0.4) is 0 Å². The van der Waals surface area contributed by atoms with Crippen LogP contribution in [0.4, 0.5) is 0 Å². The van der Waals surface area contributed by atoms with Crippen molar-refractivity contribution in [2.24, 2.45) is 7.05 Å². The molecule has 0 aliphatic rings. The van der Waals surface area contributed by atoms with Crippen molar-refractivity contribution in [3.8, 4) is 0 Å². The Morgan fingerprint density at radius 2 is 2.11 bits per heavy atom. The van der Waals surface area contributed by atoms with Crippen LogP contribution >= 0.6 is 0 Å². The number of benzene rings is 1. The summed E-state index contributed by atoms with van der Waals surface area (Å²) < 4.78 is 1.62. The van der Waals surface area contributed by atoms with Gasteiger partial charge < -0.3 is 0 Å². The molecule has 3 rings (SSSR count). The highest BCUT2D eigenvalue weighted by atomic mass is 16.1. The molecule has 2 aromatic heterocycles. The Hall–Kier alpha value is -2.49. The normalized spacial score (nSPS) is 10.7. The van der Waals surface area contributed by atoms with Crippen LogP contribution in [0.2, 0.25) is 0 Å². The molecule has 4 heteroatoms. The van der Waals surface area contributed by atoms with Crippen LogP contribution in [-0.2, 0) is 7.05 Å². The molecule has 0 saturated carbocycles. The first kappa shape index (κ1) is 10.7. The third-order valence-electron chi connectivity index (χ3n) is 2.87. The second-order valence-electron chi connectivity index (χ2n) is 4.11. The average Bonchev–Trinajstić information content (AvgIpc) is 2.84. The van der Waals surface area contributed by atoms with Gasteiger partial charge in [-0.2, -0.15) is 5.10 Å². The number of hydrogen-bond donors (Lipinski definition) is 0. The molecule has 88 valence electrons. The van der Waals surface area contributed by atoms with Crippen molar-refractivity contribution in [1.29, 1.82) is 0 Å². The fraction of sp³-hybridized carbons (Fsp3) is 0.0714. The molecule has 1 aromatic carbocycles. The topological polar surface area (TPSA) is 47.8 Å². The first-order valence-electron chi connectivity index (χ1n) is 5.63. The van der Waals surface area contributed by atoms with E-state index in [1.54, 1.807) is 42.5 Å². The number of carbonyl (C=O) groups is 1. The minimum atomic E-state index is -0.0748. The Morgan fingerprint density at radius 1 is 1.22 bits per heavy atom. The maximum absolute atomic E-state index is 12.4. The fourth-order valence-electron chi connectivity index (χ4n) is 1.99. The van der Waals surface area contributed by atoms with Gasteiger partial charge in [-0.1, -0.05) is 18.2 Å². The van der Waals surface area contributed by atoms with Crippen molar-refractivity contribution >= 4 is 16.6 Å². The highest BCUT2D eigenvalue weighted by Crippen LogP contribution is 2.19. The van der Waals surface area contributed by atoms with Crippen LogP contribution in [0.5, 0.6) is 0 Å². The maximum atomic E-state index is 12.4. The third kappa shape index (κ3) is 1.68. The zero-order chi connectivity index (χ0) is 12.5. The van der Waals surface area contributed by atoms with E-state index in [1.165, 1.54) is 0 Å². The van der Waals surface area contributed by atoms with Crippen LogP contribution in [-0.4, -0.2) is 20.5 Å². The highest BCUT2D eigenvalue weighted by molar-refractivity contribution is 6.15. The lowest BCUT2D eigenvalue weighted by Gasteiger charge is -2.03. The van der Waals surface area contributed by atoms with E-state index >= 15 is 0 Å². The van der Waals surface area contributed by atoms with E-state index in [1.807, 2.05) is 18.2 Å². The van der Waals surface area contributed by atoms with E-state index in [0.29, 0.717) is 11.3 Å². The summed E-state index contributed by atoms with van der Waals surface area (Å²) in [5.74, 6) is -0.0748. The van der Waals surface area contributed by atoms with Gasteiger partial charge in [-0.15, -0.1) is 0 Å². The molecule has 0 N–H and O–H groups in total. The summed E-state index contributed by atoms with van der Waals surface area (Å²) in [5, 5.41) is 6.00. The van der Waals surface area contributed by atoms with Gasteiger partial charge in [0.1, 0.15) is 5.69 Å². The molecule has 0 fully saturated rings. The molecule has 0 saturated heterocycles. The van der Waals surface area contributed by atoms with Gasteiger partial charge in [0.2, 0.25) is 5.78 Å². The number of rotatable bonds is 2.